The number of hydrogen-bond acceptors (Lipinski definition) is 8. The van der Waals surface area contributed by atoms with Gasteiger partial charge < -0.3 is 9.64 Å². The Morgan fingerprint density at radius 1 is 1.12 bits per heavy atom. The molecule has 25 heavy (non-hydrogen) atoms. The zero-order chi connectivity index (χ0) is 18.1. The van der Waals surface area contributed by atoms with Gasteiger partial charge in [-0.1, -0.05) is 60.0 Å². The number of amides is 1. The second-order valence-electron chi connectivity index (χ2n) is 4.68. The van der Waals surface area contributed by atoms with Crippen LogP contribution in [0.15, 0.2) is 39.0 Å². The number of carbonyl (C=O) groups excluding carboxylic acids is 2. The van der Waals surface area contributed by atoms with Crippen LogP contribution < -0.4 is 4.90 Å². The van der Waals surface area contributed by atoms with E-state index in [9.17, 15) is 9.59 Å². The summed E-state index contributed by atoms with van der Waals surface area (Å²) in [5, 5.41) is 8.15. The molecule has 1 aromatic carbocycles. The summed E-state index contributed by atoms with van der Waals surface area (Å²) in [7, 11) is 0. The third kappa shape index (κ3) is 6.33. The van der Waals surface area contributed by atoms with E-state index in [0.29, 0.717) is 5.69 Å². The van der Waals surface area contributed by atoms with E-state index in [4.69, 9.17) is 4.74 Å². The number of aromatic nitrogens is 2. The fraction of sp³-hybridized carbons (Fsp3) is 0.375. The van der Waals surface area contributed by atoms with Crippen LogP contribution in [0.4, 0.5) is 5.69 Å². The molecule has 1 aromatic heterocycles. The maximum atomic E-state index is 12.6. The molecule has 0 aliphatic carbocycles. The third-order valence-corrected chi connectivity index (χ3v) is 5.99. The van der Waals surface area contributed by atoms with Gasteiger partial charge in [-0.15, -0.1) is 10.2 Å². The first kappa shape index (κ1) is 19.7. The number of ether oxygens (including phenoxy) is 1. The molecule has 0 atom stereocenters. The van der Waals surface area contributed by atoms with Crippen LogP contribution in [0.25, 0.3) is 0 Å². The van der Waals surface area contributed by atoms with E-state index >= 15 is 0 Å². The number of rotatable bonds is 9. The Balaban J connectivity index is 2.02. The number of anilines is 1. The summed E-state index contributed by atoms with van der Waals surface area (Å²) in [5.41, 5.74) is 0.667. The van der Waals surface area contributed by atoms with Crippen LogP contribution in [0.1, 0.15) is 13.8 Å². The molecule has 0 radical (unpaired) electrons. The molecule has 0 spiro atoms. The molecule has 0 fully saturated rings. The Morgan fingerprint density at radius 3 is 2.44 bits per heavy atom. The topological polar surface area (TPSA) is 72.4 Å². The summed E-state index contributed by atoms with van der Waals surface area (Å²) < 4.78 is 6.61. The first-order valence-electron chi connectivity index (χ1n) is 7.74. The molecule has 2 rings (SSSR count). The zero-order valence-corrected chi connectivity index (χ0v) is 16.5. The maximum absolute atomic E-state index is 12.6. The molecule has 0 unspecified atom stereocenters. The van der Waals surface area contributed by atoms with Crippen LogP contribution in [0, 0.1) is 0 Å². The van der Waals surface area contributed by atoms with Crippen molar-refractivity contribution in [2.24, 2.45) is 0 Å². The van der Waals surface area contributed by atoms with Gasteiger partial charge in [0.2, 0.25) is 5.91 Å². The van der Waals surface area contributed by atoms with E-state index in [1.807, 2.05) is 18.2 Å². The largest absolute Gasteiger partial charge is 0.465 e. The molecule has 1 heterocycles. The molecule has 0 saturated heterocycles. The van der Waals surface area contributed by atoms with E-state index in [1.54, 1.807) is 30.8 Å². The summed E-state index contributed by atoms with van der Waals surface area (Å²) in [6, 6.07) is 9.10. The molecule has 134 valence electrons. The standard InChI is InChI=1S/C16H19N3O3S3/c1-3-22-14(21)10-19(12-8-6-5-7-9-12)13(20)11-24-16-18-17-15(25-16)23-4-2/h5-9H,3-4,10-11H2,1-2H3. The first-order valence-corrected chi connectivity index (χ1v) is 10.5. The molecular formula is C16H19N3O3S3. The monoisotopic (exact) mass is 397 g/mol. The van der Waals surface area contributed by atoms with Gasteiger partial charge in [0, 0.05) is 5.69 Å². The average molecular weight is 398 g/mol. The molecule has 0 N–H and O–H groups in total. The van der Waals surface area contributed by atoms with Crippen LogP contribution in [0.3, 0.4) is 0 Å². The number of nitrogens with zero attached hydrogens (tertiary/aromatic N) is 3. The smallest absolute Gasteiger partial charge is 0.326 e. The van der Waals surface area contributed by atoms with Crippen molar-refractivity contribution < 1.29 is 14.3 Å². The Bertz CT molecular complexity index is 694. The minimum Gasteiger partial charge on any atom is -0.465 e. The van der Waals surface area contributed by atoms with Gasteiger partial charge in [-0.05, 0) is 24.8 Å². The van der Waals surface area contributed by atoms with Gasteiger partial charge in [-0.25, -0.2) is 0 Å². The Labute approximate surface area is 159 Å². The quantitative estimate of drug-likeness (QED) is 0.475. The molecular weight excluding hydrogens is 378 g/mol. The normalized spacial score (nSPS) is 10.5. The fourth-order valence-corrected chi connectivity index (χ4v) is 4.70. The Kier molecular flexibility index (Phi) is 8.23. The Hall–Kier alpha value is -1.58. The highest BCUT2D eigenvalue weighted by atomic mass is 32.2. The fourth-order valence-electron chi connectivity index (χ4n) is 1.91. The Morgan fingerprint density at radius 2 is 1.80 bits per heavy atom. The second kappa shape index (κ2) is 10.4. The van der Waals surface area contributed by atoms with Gasteiger partial charge in [0.1, 0.15) is 6.54 Å². The lowest BCUT2D eigenvalue weighted by molar-refractivity contribution is -0.142. The zero-order valence-electron chi connectivity index (χ0n) is 14.0. The van der Waals surface area contributed by atoms with Crippen molar-refractivity contribution in [3.8, 4) is 0 Å². The summed E-state index contributed by atoms with van der Waals surface area (Å²) in [5.74, 6) is 0.505. The van der Waals surface area contributed by atoms with Crippen molar-refractivity contribution in [3.05, 3.63) is 30.3 Å². The summed E-state index contributed by atoms with van der Waals surface area (Å²) in [6.07, 6.45) is 0. The van der Waals surface area contributed by atoms with E-state index < -0.39 is 5.97 Å². The van der Waals surface area contributed by atoms with Gasteiger partial charge in [0.15, 0.2) is 8.68 Å². The molecule has 0 aliphatic rings. The van der Waals surface area contributed by atoms with Crippen LogP contribution >= 0.6 is 34.9 Å². The number of hydrogen-bond donors (Lipinski definition) is 0. The minimum absolute atomic E-state index is 0.107. The predicted molar refractivity (Wildman–Crippen MR) is 102 cm³/mol. The lowest BCUT2D eigenvalue weighted by Crippen LogP contribution is -2.37. The second-order valence-corrected chi connectivity index (χ2v) is 8.39. The average Bonchev–Trinajstić information content (AvgIpc) is 3.06. The highest BCUT2D eigenvalue weighted by Gasteiger charge is 2.20. The van der Waals surface area contributed by atoms with Crippen molar-refractivity contribution in [2.75, 3.05) is 29.6 Å². The predicted octanol–water partition coefficient (Wildman–Crippen LogP) is 3.34. The van der Waals surface area contributed by atoms with Gasteiger partial charge in [-0.3, -0.25) is 9.59 Å². The van der Waals surface area contributed by atoms with Gasteiger partial charge in [-0.2, -0.15) is 0 Å². The van der Waals surface area contributed by atoms with Gasteiger partial charge in [0.05, 0.1) is 12.4 Å². The number of thioether (sulfide) groups is 2. The lowest BCUT2D eigenvalue weighted by atomic mass is 10.3. The minimum atomic E-state index is -0.428. The SMILES string of the molecule is CCOC(=O)CN(C(=O)CSc1nnc(SCC)s1)c1ccccc1. The van der Waals surface area contributed by atoms with E-state index in [0.717, 1.165) is 14.4 Å². The summed E-state index contributed by atoms with van der Waals surface area (Å²) >= 11 is 4.42. The van der Waals surface area contributed by atoms with E-state index in [-0.39, 0.29) is 24.8 Å². The van der Waals surface area contributed by atoms with Crippen LogP contribution in [0.5, 0.6) is 0 Å². The molecule has 1 amide bonds. The highest BCUT2D eigenvalue weighted by Crippen LogP contribution is 2.29. The summed E-state index contributed by atoms with van der Waals surface area (Å²) in [4.78, 5) is 25.9. The molecule has 0 bridgehead atoms. The van der Waals surface area contributed by atoms with Crippen LogP contribution in [-0.4, -0.2) is 46.7 Å². The van der Waals surface area contributed by atoms with Gasteiger partial charge >= 0.3 is 5.97 Å². The van der Waals surface area contributed by atoms with E-state index in [1.165, 1.54) is 28.0 Å². The molecule has 6 nitrogen and oxygen atoms in total. The number of para-hydroxylation sites is 1. The molecule has 2 aromatic rings. The maximum Gasteiger partial charge on any atom is 0.326 e. The van der Waals surface area contributed by atoms with Gasteiger partial charge in [0.25, 0.3) is 0 Å². The van der Waals surface area contributed by atoms with Crippen molar-refractivity contribution in [1.82, 2.24) is 10.2 Å². The van der Waals surface area contributed by atoms with Crippen molar-refractivity contribution in [3.63, 3.8) is 0 Å². The number of esters is 1. The molecule has 9 heteroatoms. The van der Waals surface area contributed by atoms with Crippen molar-refractivity contribution in [1.29, 1.82) is 0 Å². The molecule has 0 aliphatic heterocycles. The van der Waals surface area contributed by atoms with E-state index in [2.05, 4.69) is 17.1 Å². The van der Waals surface area contributed by atoms with Crippen molar-refractivity contribution in [2.45, 2.75) is 22.5 Å². The number of benzene rings is 1. The van der Waals surface area contributed by atoms with Crippen LogP contribution in [0.2, 0.25) is 0 Å². The van der Waals surface area contributed by atoms with Crippen molar-refractivity contribution >= 4 is 52.4 Å². The summed E-state index contributed by atoms with van der Waals surface area (Å²) in [6.45, 7) is 3.97. The number of carbonyl (C=O) groups is 2. The third-order valence-electron chi connectivity index (χ3n) is 2.94. The van der Waals surface area contributed by atoms with Crippen LogP contribution in [-0.2, 0) is 14.3 Å². The first-order chi connectivity index (χ1) is 12.1. The molecule has 0 saturated carbocycles. The highest BCUT2D eigenvalue weighted by molar-refractivity contribution is 8.03. The lowest BCUT2D eigenvalue weighted by Gasteiger charge is -2.21.